The number of hydrogen-bond acceptors (Lipinski definition) is 2. The van der Waals surface area contributed by atoms with E-state index in [1.54, 1.807) is 12.1 Å². The molecular formula is C10H13NO2. The van der Waals surface area contributed by atoms with Crippen LogP contribution in [0.25, 0.3) is 0 Å². The topological polar surface area (TPSA) is 43.1 Å². The van der Waals surface area contributed by atoms with Gasteiger partial charge in [-0.15, -0.1) is 0 Å². The van der Waals surface area contributed by atoms with Crippen LogP contribution >= 0.6 is 0 Å². The molecule has 0 amide bonds. The average Bonchev–Trinajstić information content (AvgIpc) is 2.16. The Hall–Kier alpha value is -1.38. The van der Waals surface area contributed by atoms with Crippen molar-refractivity contribution in [1.82, 2.24) is 0 Å². The minimum Gasteiger partial charge on any atom is -0.258 e. The van der Waals surface area contributed by atoms with Gasteiger partial charge in [-0.3, -0.25) is 10.1 Å². The van der Waals surface area contributed by atoms with Crippen molar-refractivity contribution in [3.63, 3.8) is 0 Å². The van der Waals surface area contributed by atoms with E-state index in [0.717, 1.165) is 12.0 Å². The summed E-state index contributed by atoms with van der Waals surface area (Å²) < 4.78 is 0. The zero-order chi connectivity index (χ0) is 9.84. The van der Waals surface area contributed by atoms with Gasteiger partial charge >= 0.3 is 0 Å². The molecule has 0 heterocycles. The van der Waals surface area contributed by atoms with Gasteiger partial charge < -0.3 is 0 Å². The summed E-state index contributed by atoms with van der Waals surface area (Å²) in [4.78, 5) is 10.3. The van der Waals surface area contributed by atoms with Crippen LogP contribution in [0.15, 0.2) is 24.3 Å². The summed E-state index contributed by atoms with van der Waals surface area (Å²) in [6.45, 7) is 4.03. The number of benzene rings is 1. The van der Waals surface area contributed by atoms with Crippen molar-refractivity contribution >= 4 is 5.69 Å². The zero-order valence-electron chi connectivity index (χ0n) is 7.86. The summed E-state index contributed by atoms with van der Waals surface area (Å²) in [6.07, 6.45) is 0.921. The monoisotopic (exact) mass is 179 g/mol. The third-order valence-electron chi connectivity index (χ3n) is 2.28. The van der Waals surface area contributed by atoms with Gasteiger partial charge in [-0.05, 0) is 12.3 Å². The van der Waals surface area contributed by atoms with Crippen molar-refractivity contribution in [2.75, 3.05) is 0 Å². The Bertz CT molecular complexity index is 310. The van der Waals surface area contributed by atoms with Gasteiger partial charge in [0.25, 0.3) is 5.69 Å². The lowest BCUT2D eigenvalue weighted by Gasteiger charge is -2.08. The van der Waals surface area contributed by atoms with Crippen molar-refractivity contribution in [2.45, 2.75) is 26.2 Å². The summed E-state index contributed by atoms with van der Waals surface area (Å²) >= 11 is 0. The van der Waals surface area contributed by atoms with Gasteiger partial charge in [-0.2, -0.15) is 0 Å². The Morgan fingerprint density at radius 1 is 1.46 bits per heavy atom. The molecule has 0 bridgehead atoms. The molecule has 0 aliphatic heterocycles. The minimum absolute atomic E-state index is 0.233. The number of nitro benzene ring substituents is 1. The highest BCUT2D eigenvalue weighted by molar-refractivity contribution is 5.41. The lowest BCUT2D eigenvalue weighted by atomic mass is 9.97. The number of hydrogen-bond donors (Lipinski definition) is 0. The van der Waals surface area contributed by atoms with E-state index in [0.29, 0.717) is 0 Å². The molecule has 3 nitrogen and oxygen atoms in total. The molecule has 0 saturated heterocycles. The maximum absolute atomic E-state index is 10.6. The fourth-order valence-electron chi connectivity index (χ4n) is 1.29. The molecule has 0 aromatic heterocycles. The summed E-state index contributed by atoms with van der Waals surface area (Å²) in [5.41, 5.74) is 1.06. The lowest BCUT2D eigenvalue weighted by Crippen LogP contribution is -1.98. The average molecular weight is 179 g/mol. The lowest BCUT2D eigenvalue weighted by molar-refractivity contribution is -0.385. The van der Waals surface area contributed by atoms with E-state index in [1.165, 1.54) is 0 Å². The van der Waals surface area contributed by atoms with Gasteiger partial charge in [-0.25, -0.2) is 0 Å². The van der Waals surface area contributed by atoms with E-state index in [4.69, 9.17) is 0 Å². The van der Waals surface area contributed by atoms with E-state index in [9.17, 15) is 10.1 Å². The van der Waals surface area contributed by atoms with Gasteiger partial charge in [0, 0.05) is 11.6 Å². The van der Waals surface area contributed by atoms with E-state index < -0.39 is 0 Å². The molecule has 3 heteroatoms. The van der Waals surface area contributed by atoms with Crippen molar-refractivity contribution in [3.05, 3.63) is 39.9 Å². The Balaban J connectivity index is 3.11. The van der Waals surface area contributed by atoms with E-state index in [-0.39, 0.29) is 16.5 Å². The first-order valence-electron chi connectivity index (χ1n) is 4.40. The van der Waals surface area contributed by atoms with Crippen molar-refractivity contribution in [3.8, 4) is 0 Å². The van der Waals surface area contributed by atoms with Crippen LogP contribution in [0.1, 0.15) is 31.7 Å². The Labute approximate surface area is 77.5 Å². The third kappa shape index (κ3) is 2.05. The third-order valence-corrected chi connectivity index (χ3v) is 2.28. The highest BCUT2D eigenvalue weighted by Gasteiger charge is 2.15. The van der Waals surface area contributed by atoms with Crippen LogP contribution in [-0.2, 0) is 0 Å². The SMILES string of the molecule is CC[C@H](C)c1ccccc1[N+](=O)[O-]. The fourth-order valence-corrected chi connectivity index (χ4v) is 1.29. The number of nitro groups is 1. The molecule has 13 heavy (non-hydrogen) atoms. The van der Waals surface area contributed by atoms with E-state index >= 15 is 0 Å². The quantitative estimate of drug-likeness (QED) is 0.528. The first-order valence-corrected chi connectivity index (χ1v) is 4.40. The van der Waals surface area contributed by atoms with Crippen LogP contribution < -0.4 is 0 Å². The van der Waals surface area contributed by atoms with Crippen LogP contribution in [0, 0.1) is 10.1 Å². The second kappa shape index (κ2) is 4.03. The number of rotatable bonds is 3. The molecule has 0 N–H and O–H groups in total. The molecule has 0 aliphatic carbocycles. The van der Waals surface area contributed by atoms with Gasteiger partial charge in [-0.1, -0.05) is 32.0 Å². The smallest absolute Gasteiger partial charge is 0.258 e. The van der Waals surface area contributed by atoms with Gasteiger partial charge in [0.05, 0.1) is 4.92 Å². The second-order valence-corrected chi connectivity index (χ2v) is 3.13. The van der Waals surface area contributed by atoms with Crippen molar-refractivity contribution < 1.29 is 4.92 Å². The highest BCUT2D eigenvalue weighted by atomic mass is 16.6. The maximum Gasteiger partial charge on any atom is 0.272 e. The van der Waals surface area contributed by atoms with Gasteiger partial charge in [0.15, 0.2) is 0 Å². The number of nitrogens with zero attached hydrogens (tertiary/aromatic N) is 1. The predicted octanol–water partition coefficient (Wildman–Crippen LogP) is 3.11. The Kier molecular flexibility index (Phi) is 3.01. The Morgan fingerprint density at radius 2 is 2.08 bits per heavy atom. The number of para-hydroxylation sites is 1. The van der Waals surface area contributed by atoms with Gasteiger partial charge in [0.1, 0.15) is 0 Å². The molecule has 1 atom stereocenters. The fraction of sp³-hybridized carbons (Fsp3) is 0.400. The Morgan fingerprint density at radius 3 is 2.62 bits per heavy atom. The van der Waals surface area contributed by atoms with Crippen molar-refractivity contribution in [2.24, 2.45) is 0 Å². The summed E-state index contributed by atoms with van der Waals surface area (Å²) in [5.74, 6) is 0.251. The van der Waals surface area contributed by atoms with Crippen LogP contribution in [0.4, 0.5) is 5.69 Å². The standard InChI is InChI=1S/C10H13NO2/c1-3-8(2)9-6-4-5-7-10(9)11(12)13/h4-8H,3H2,1-2H3/t8-/m0/s1. The highest BCUT2D eigenvalue weighted by Crippen LogP contribution is 2.27. The first-order chi connectivity index (χ1) is 6.16. The largest absolute Gasteiger partial charge is 0.272 e. The van der Waals surface area contributed by atoms with Crippen LogP contribution in [0.5, 0.6) is 0 Å². The predicted molar refractivity (Wildman–Crippen MR) is 51.8 cm³/mol. The van der Waals surface area contributed by atoms with Crippen LogP contribution in [0.2, 0.25) is 0 Å². The molecule has 0 aliphatic rings. The van der Waals surface area contributed by atoms with Crippen LogP contribution in [-0.4, -0.2) is 4.92 Å². The zero-order valence-corrected chi connectivity index (χ0v) is 7.86. The second-order valence-electron chi connectivity index (χ2n) is 3.13. The molecule has 0 fully saturated rings. The van der Waals surface area contributed by atoms with Crippen LogP contribution in [0.3, 0.4) is 0 Å². The molecule has 0 unspecified atom stereocenters. The van der Waals surface area contributed by atoms with Crippen molar-refractivity contribution in [1.29, 1.82) is 0 Å². The molecule has 0 spiro atoms. The summed E-state index contributed by atoms with van der Waals surface area (Å²) in [7, 11) is 0. The molecule has 1 aromatic carbocycles. The molecule has 0 radical (unpaired) electrons. The molecule has 0 saturated carbocycles. The minimum atomic E-state index is -0.318. The van der Waals surface area contributed by atoms with E-state index in [2.05, 4.69) is 0 Å². The molecular weight excluding hydrogens is 166 g/mol. The molecule has 1 rings (SSSR count). The summed E-state index contributed by atoms with van der Waals surface area (Å²) in [5, 5.41) is 10.6. The summed E-state index contributed by atoms with van der Waals surface area (Å²) in [6, 6.07) is 6.92. The molecule has 70 valence electrons. The normalized spacial score (nSPS) is 12.5. The molecule has 1 aromatic rings. The van der Waals surface area contributed by atoms with E-state index in [1.807, 2.05) is 26.0 Å². The first kappa shape index (κ1) is 9.71. The van der Waals surface area contributed by atoms with Gasteiger partial charge in [0.2, 0.25) is 0 Å². The maximum atomic E-state index is 10.6.